The summed E-state index contributed by atoms with van der Waals surface area (Å²) in [6, 6.07) is 0. The fourth-order valence-electron chi connectivity index (χ4n) is 1.31. The molecule has 0 rings (SSSR count). The number of hydrogen-bond acceptors (Lipinski definition) is 1. The number of hydrogen-bond donors (Lipinski definition) is 0. The van der Waals surface area contributed by atoms with Crippen LogP contribution in [0.3, 0.4) is 0 Å². The third-order valence-corrected chi connectivity index (χ3v) is 6.41. The van der Waals surface area contributed by atoms with Crippen LogP contribution in [0, 0.1) is 23.4 Å². The van der Waals surface area contributed by atoms with Crippen molar-refractivity contribution in [1.82, 2.24) is 0 Å². The first-order valence-corrected chi connectivity index (χ1v) is 9.61. The topological polar surface area (TPSA) is 17.1 Å². The van der Waals surface area contributed by atoms with Crippen LogP contribution in [0.15, 0.2) is 12.7 Å². The quantitative estimate of drug-likeness (QED) is 0.267. The second-order valence-corrected chi connectivity index (χ2v) is 9.54. The molecule has 0 aromatic rings. The van der Waals surface area contributed by atoms with E-state index in [0.29, 0.717) is 0 Å². The minimum Gasteiger partial charge on any atom is -0.310 e. The smallest absolute Gasteiger partial charge is 0.156 e. The van der Waals surface area contributed by atoms with Crippen molar-refractivity contribution in [2.45, 2.75) is 70.9 Å². The molecule has 0 heterocycles. The van der Waals surface area contributed by atoms with Gasteiger partial charge in [0.15, 0.2) is 7.14 Å². The lowest BCUT2D eigenvalue weighted by atomic mass is 10.2. The molecule has 0 spiro atoms. The van der Waals surface area contributed by atoms with Crippen LogP contribution in [0.5, 0.6) is 0 Å². The Hall–Kier alpha value is -0.910. The van der Waals surface area contributed by atoms with Gasteiger partial charge in [0, 0.05) is 31.1 Å². The van der Waals surface area contributed by atoms with Crippen molar-refractivity contribution in [3.05, 3.63) is 12.7 Å². The van der Waals surface area contributed by atoms with Gasteiger partial charge in [-0.3, -0.25) is 0 Å². The minimum atomic E-state index is -2.35. The maximum atomic E-state index is 12.3. The summed E-state index contributed by atoms with van der Waals surface area (Å²) >= 11 is 0. The lowest BCUT2D eigenvalue weighted by Crippen LogP contribution is -2.12. The van der Waals surface area contributed by atoms with Crippen LogP contribution in [0.1, 0.15) is 65.7 Å². The molecule has 0 radical (unpaired) electrons. The summed E-state index contributed by atoms with van der Waals surface area (Å²) in [5.41, 5.74) is 2.98. The molecule has 1 nitrogen and oxygen atoms in total. The Bertz CT molecular complexity index is 446. The predicted octanol–water partition coefficient (Wildman–Crippen LogP) is 5.66. The summed E-state index contributed by atoms with van der Waals surface area (Å²) in [7, 11) is -2.35. The van der Waals surface area contributed by atoms with Gasteiger partial charge in [-0.2, -0.15) is 0 Å². The van der Waals surface area contributed by atoms with Crippen LogP contribution in [0.25, 0.3) is 0 Å². The molecule has 1 unspecified atom stereocenters. The lowest BCUT2D eigenvalue weighted by molar-refractivity contribution is 0.561. The largest absolute Gasteiger partial charge is 0.310 e. The van der Waals surface area contributed by atoms with Crippen LogP contribution in [0.4, 0.5) is 0 Å². The Morgan fingerprint density at radius 1 is 1.00 bits per heavy atom. The molecular weight excluding hydrogens is 263 g/mol. The molecule has 0 aliphatic heterocycles. The molecule has 1 atom stereocenters. The van der Waals surface area contributed by atoms with Crippen LogP contribution in [0.2, 0.25) is 0 Å². The number of rotatable bonds is 6. The van der Waals surface area contributed by atoms with Gasteiger partial charge in [0.25, 0.3) is 0 Å². The molecule has 0 N–H and O–H groups in total. The highest BCUT2D eigenvalue weighted by atomic mass is 31.2. The zero-order valence-electron chi connectivity index (χ0n) is 13.6. The Kier molecular flexibility index (Phi) is 9.46. The van der Waals surface area contributed by atoms with E-state index in [1.807, 2.05) is 26.8 Å². The van der Waals surface area contributed by atoms with E-state index in [1.54, 1.807) is 6.66 Å². The Morgan fingerprint density at radius 3 is 2.00 bits per heavy atom. The Labute approximate surface area is 126 Å². The maximum Gasteiger partial charge on any atom is 0.156 e. The van der Waals surface area contributed by atoms with Crippen molar-refractivity contribution in [3.63, 3.8) is 0 Å². The first-order valence-electron chi connectivity index (χ1n) is 7.45. The van der Waals surface area contributed by atoms with Crippen molar-refractivity contribution in [1.29, 1.82) is 0 Å². The zero-order valence-corrected chi connectivity index (χ0v) is 14.5. The van der Waals surface area contributed by atoms with E-state index >= 15 is 0 Å². The van der Waals surface area contributed by atoms with Crippen molar-refractivity contribution >= 4 is 7.14 Å². The van der Waals surface area contributed by atoms with Gasteiger partial charge in [-0.05, 0) is 31.3 Å². The maximum absolute atomic E-state index is 12.3. The molecule has 20 heavy (non-hydrogen) atoms. The highest BCUT2D eigenvalue weighted by molar-refractivity contribution is 7.69. The molecule has 0 bridgehead atoms. The van der Waals surface area contributed by atoms with Crippen LogP contribution >= 0.6 is 7.14 Å². The molecule has 0 aliphatic rings. The Balaban J connectivity index is 3.79. The van der Waals surface area contributed by atoms with Gasteiger partial charge in [-0.1, -0.05) is 32.8 Å². The second-order valence-electron chi connectivity index (χ2n) is 6.13. The number of allylic oxidation sites excluding steroid dienone is 1. The summed E-state index contributed by atoms with van der Waals surface area (Å²) < 4.78 is 12.3. The second kappa shape index (κ2) is 9.91. The van der Waals surface area contributed by atoms with Gasteiger partial charge in [-0.25, -0.2) is 0 Å². The van der Waals surface area contributed by atoms with E-state index in [0.717, 1.165) is 44.9 Å². The highest BCUT2D eigenvalue weighted by Crippen LogP contribution is 2.53. The van der Waals surface area contributed by atoms with Gasteiger partial charge >= 0.3 is 0 Å². The van der Waals surface area contributed by atoms with Crippen LogP contribution in [-0.4, -0.2) is 11.8 Å². The van der Waals surface area contributed by atoms with Crippen molar-refractivity contribution in [3.8, 4) is 23.4 Å². The molecule has 112 valence electrons. The van der Waals surface area contributed by atoms with Gasteiger partial charge in [-0.15, -0.1) is 18.4 Å². The first kappa shape index (κ1) is 19.1. The predicted molar refractivity (Wildman–Crippen MR) is 91.4 cm³/mol. The standard InChI is InChI=1S/C18H29OP/c1-6-7-8-9-10-11-12-13-14-15-16-17-20(5,19)18(2,3)4/h6H,1,7-9,12-15H2,2-5H3. The monoisotopic (exact) mass is 292 g/mol. The molecule has 0 aromatic carbocycles. The zero-order chi connectivity index (χ0) is 15.5. The van der Waals surface area contributed by atoms with Crippen LogP contribution < -0.4 is 0 Å². The minimum absolute atomic E-state index is 0.211. The van der Waals surface area contributed by atoms with Gasteiger partial charge in [0.2, 0.25) is 0 Å². The summed E-state index contributed by atoms with van der Waals surface area (Å²) in [6.45, 7) is 11.4. The molecule has 0 saturated heterocycles. The molecule has 0 aromatic heterocycles. The lowest BCUT2D eigenvalue weighted by Gasteiger charge is -2.22. The molecule has 0 saturated carbocycles. The SMILES string of the molecule is C=CCCCC#CCCCCC#CP(C)(=O)C(C)(C)C. The molecular formula is C18H29OP. The van der Waals surface area contributed by atoms with E-state index in [4.69, 9.17) is 0 Å². The third kappa shape index (κ3) is 9.07. The van der Waals surface area contributed by atoms with Crippen molar-refractivity contribution in [2.75, 3.05) is 6.66 Å². The molecule has 0 fully saturated rings. The summed E-state index contributed by atoms with van der Waals surface area (Å²) in [5, 5.41) is -0.211. The van der Waals surface area contributed by atoms with E-state index in [1.165, 1.54) is 0 Å². The van der Waals surface area contributed by atoms with Crippen molar-refractivity contribution < 1.29 is 4.57 Å². The van der Waals surface area contributed by atoms with E-state index in [9.17, 15) is 4.57 Å². The third-order valence-electron chi connectivity index (χ3n) is 3.26. The molecule has 0 amide bonds. The van der Waals surface area contributed by atoms with E-state index < -0.39 is 7.14 Å². The van der Waals surface area contributed by atoms with Gasteiger partial charge in [0.1, 0.15) is 0 Å². The average molecular weight is 292 g/mol. The Morgan fingerprint density at radius 2 is 1.50 bits per heavy atom. The summed E-state index contributed by atoms with van der Waals surface area (Å²) in [4.78, 5) is 0. The molecule has 0 aliphatic carbocycles. The highest BCUT2D eigenvalue weighted by Gasteiger charge is 2.29. The van der Waals surface area contributed by atoms with Crippen molar-refractivity contribution in [2.24, 2.45) is 0 Å². The van der Waals surface area contributed by atoms with E-state index in [2.05, 4.69) is 30.0 Å². The fourth-order valence-corrected chi connectivity index (χ4v) is 2.06. The van der Waals surface area contributed by atoms with Gasteiger partial charge < -0.3 is 4.57 Å². The summed E-state index contributed by atoms with van der Waals surface area (Å²) in [6.07, 6.45) is 8.95. The molecule has 2 heteroatoms. The fraction of sp³-hybridized carbons (Fsp3) is 0.667. The van der Waals surface area contributed by atoms with Crippen LogP contribution in [-0.2, 0) is 4.57 Å². The summed E-state index contributed by atoms with van der Waals surface area (Å²) in [5.74, 6) is 9.44. The van der Waals surface area contributed by atoms with E-state index in [-0.39, 0.29) is 5.16 Å². The normalized spacial score (nSPS) is 13.4. The average Bonchev–Trinajstić information content (AvgIpc) is 2.34. The first-order chi connectivity index (χ1) is 9.31. The van der Waals surface area contributed by atoms with Gasteiger partial charge in [0.05, 0.1) is 0 Å². The number of unbranched alkanes of at least 4 members (excludes halogenated alkanes) is 5.